The molecule has 1 aromatic heterocycles. The number of ether oxygens (including phenoxy) is 2. The number of amides is 2. The van der Waals surface area contributed by atoms with Crippen LogP contribution >= 0.6 is 0 Å². The van der Waals surface area contributed by atoms with E-state index in [0.29, 0.717) is 25.9 Å². The number of hydrogen-bond acceptors (Lipinski definition) is 5. The van der Waals surface area contributed by atoms with Crippen molar-refractivity contribution < 1.29 is 19.1 Å². The molecule has 0 spiro atoms. The largest absolute Gasteiger partial charge is 0.497 e. The van der Waals surface area contributed by atoms with Gasteiger partial charge in [-0.05, 0) is 42.7 Å². The van der Waals surface area contributed by atoms with Crippen molar-refractivity contribution in [2.24, 2.45) is 5.92 Å². The molecule has 0 bridgehead atoms. The molecule has 31 heavy (non-hydrogen) atoms. The molecule has 1 aliphatic rings. The van der Waals surface area contributed by atoms with E-state index >= 15 is 0 Å². The zero-order valence-corrected chi connectivity index (χ0v) is 18.1. The molecule has 7 heteroatoms. The van der Waals surface area contributed by atoms with E-state index in [1.54, 1.807) is 29.2 Å². The molecule has 1 atom stereocenters. The molecule has 1 aromatic carbocycles. The van der Waals surface area contributed by atoms with Crippen molar-refractivity contribution >= 4 is 12.0 Å². The van der Waals surface area contributed by atoms with Crippen molar-refractivity contribution in [1.29, 1.82) is 0 Å². The van der Waals surface area contributed by atoms with Gasteiger partial charge in [-0.3, -0.25) is 9.78 Å². The van der Waals surface area contributed by atoms with Crippen LogP contribution in [0.1, 0.15) is 30.1 Å². The highest BCUT2D eigenvalue weighted by atomic mass is 16.6. The zero-order valence-electron chi connectivity index (χ0n) is 18.1. The molecule has 0 N–H and O–H groups in total. The molecule has 2 heterocycles. The fraction of sp³-hybridized carbons (Fsp3) is 0.375. The summed E-state index contributed by atoms with van der Waals surface area (Å²) in [5, 5.41) is 0. The second-order valence-electron chi connectivity index (χ2n) is 7.51. The van der Waals surface area contributed by atoms with Crippen LogP contribution < -0.4 is 4.74 Å². The maximum Gasteiger partial charge on any atom is 0.410 e. The Hall–Kier alpha value is -3.35. The number of carbonyl (C=O) groups is 2. The van der Waals surface area contributed by atoms with Crippen LogP contribution in [0.2, 0.25) is 0 Å². The summed E-state index contributed by atoms with van der Waals surface area (Å²) in [5.74, 6) is 0.650. The fourth-order valence-electron chi connectivity index (χ4n) is 3.86. The molecule has 1 saturated heterocycles. The first-order valence-corrected chi connectivity index (χ1v) is 10.4. The van der Waals surface area contributed by atoms with Gasteiger partial charge >= 0.3 is 6.09 Å². The number of nitrogens with zero attached hydrogens (tertiary/aromatic N) is 3. The monoisotopic (exact) mass is 423 g/mol. The highest BCUT2D eigenvalue weighted by Gasteiger charge is 2.33. The Labute approximate surface area is 183 Å². The van der Waals surface area contributed by atoms with Gasteiger partial charge in [0.2, 0.25) is 5.91 Å². The van der Waals surface area contributed by atoms with Crippen molar-refractivity contribution in [2.45, 2.75) is 18.9 Å². The molecule has 0 saturated carbocycles. The summed E-state index contributed by atoms with van der Waals surface area (Å²) < 4.78 is 10.4. The maximum atomic E-state index is 13.4. The first-order valence-electron chi connectivity index (χ1n) is 10.4. The Morgan fingerprint density at radius 3 is 2.52 bits per heavy atom. The molecule has 7 nitrogen and oxygen atoms in total. The van der Waals surface area contributed by atoms with E-state index < -0.39 is 0 Å². The lowest BCUT2D eigenvalue weighted by Crippen LogP contribution is -2.44. The van der Waals surface area contributed by atoms with Gasteiger partial charge in [-0.2, -0.15) is 0 Å². The Bertz CT molecular complexity index is 877. The van der Waals surface area contributed by atoms with Crippen LogP contribution in [0.3, 0.4) is 0 Å². The standard InChI is InChI=1S/C24H29N3O4/c1-4-17-31-24(29)27-15-12-19(13-16-27)23(28)26(2)22(21-7-5-6-14-25-21)18-8-10-20(30-3)11-9-18/h4-11,14,19,22H,1,12-13,15-17H2,2-3H3. The van der Waals surface area contributed by atoms with E-state index in [1.165, 1.54) is 0 Å². The number of piperidine rings is 1. The zero-order chi connectivity index (χ0) is 22.2. The Balaban J connectivity index is 1.74. The van der Waals surface area contributed by atoms with Crippen molar-refractivity contribution in [3.8, 4) is 5.75 Å². The molecule has 1 fully saturated rings. The maximum absolute atomic E-state index is 13.4. The first-order chi connectivity index (χ1) is 15.0. The minimum absolute atomic E-state index is 0.0468. The lowest BCUT2D eigenvalue weighted by atomic mass is 9.93. The summed E-state index contributed by atoms with van der Waals surface area (Å²) in [5.41, 5.74) is 1.76. The van der Waals surface area contributed by atoms with Crippen LogP contribution in [0.4, 0.5) is 4.79 Å². The van der Waals surface area contributed by atoms with E-state index in [-0.39, 0.29) is 30.6 Å². The van der Waals surface area contributed by atoms with Gasteiger partial charge in [0.1, 0.15) is 12.4 Å². The molecule has 164 valence electrons. The lowest BCUT2D eigenvalue weighted by molar-refractivity contribution is -0.137. The smallest absolute Gasteiger partial charge is 0.410 e. The van der Waals surface area contributed by atoms with Gasteiger partial charge in [0.15, 0.2) is 0 Å². The van der Waals surface area contributed by atoms with E-state index in [9.17, 15) is 9.59 Å². The number of rotatable bonds is 7. The van der Waals surface area contributed by atoms with Crippen molar-refractivity contribution in [2.75, 3.05) is 33.9 Å². The predicted molar refractivity (Wildman–Crippen MR) is 118 cm³/mol. The summed E-state index contributed by atoms with van der Waals surface area (Å²) in [7, 11) is 3.44. The SMILES string of the molecule is C=CCOC(=O)N1CCC(C(=O)N(C)C(c2ccc(OC)cc2)c2ccccn2)CC1. The molecule has 2 aromatic rings. The van der Waals surface area contributed by atoms with Crippen molar-refractivity contribution in [3.63, 3.8) is 0 Å². The van der Waals surface area contributed by atoms with Gasteiger partial charge in [0.05, 0.1) is 18.8 Å². The number of benzene rings is 1. The molecule has 2 amide bonds. The van der Waals surface area contributed by atoms with Crippen LogP contribution in [0.25, 0.3) is 0 Å². The number of pyridine rings is 1. The summed E-state index contributed by atoms with van der Waals surface area (Å²) in [6.07, 6.45) is 4.12. The minimum atomic E-state index is -0.358. The third kappa shape index (κ3) is 5.42. The number of aromatic nitrogens is 1. The van der Waals surface area contributed by atoms with Crippen molar-refractivity contribution in [3.05, 3.63) is 72.6 Å². The highest BCUT2D eigenvalue weighted by molar-refractivity contribution is 5.80. The topological polar surface area (TPSA) is 72.0 Å². The molecule has 1 aliphatic heterocycles. The first kappa shape index (κ1) is 22.3. The highest BCUT2D eigenvalue weighted by Crippen LogP contribution is 2.30. The quantitative estimate of drug-likeness (QED) is 0.636. The molecule has 0 aliphatic carbocycles. The van der Waals surface area contributed by atoms with Gasteiger partial charge in [-0.25, -0.2) is 4.79 Å². The fourth-order valence-corrected chi connectivity index (χ4v) is 3.86. The Morgan fingerprint density at radius 2 is 1.94 bits per heavy atom. The molecule has 3 rings (SSSR count). The van der Waals surface area contributed by atoms with Crippen LogP contribution in [0.5, 0.6) is 5.75 Å². The minimum Gasteiger partial charge on any atom is -0.497 e. The normalized spacial score (nSPS) is 15.1. The van der Waals surface area contributed by atoms with Gasteiger partial charge in [0, 0.05) is 32.3 Å². The van der Waals surface area contributed by atoms with E-state index in [0.717, 1.165) is 17.0 Å². The van der Waals surface area contributed by atoms with E-state index in [2.05, 4.69) is 11.6 Å². The van der Waals surface area contributed by atoms with E-state index in [1.807, 2.05) is 49.5 Å². The second kappa shape index (κ2) is 10.6. The number of hydrogen-bond donors (Lipinski definition) is 0. The summed E-state index contributed by atoms with van der Waals surface area (Å²) in [6, 6.07) is 13.1. The van der Waals surface area contributed by atoms with E-state index in [4.69, 9.17) is 9.47 Å². The van der Waals surface area contributed by atoms with Gasteiger partial charge in [-0.15, -0.1) is 0 Å². The number of carbonyl (C=O) groups excluding carboxylic acids is 2. The molecule has 0 radical (unpaired) electrons. The molecule has 1 unspecified atom stereocenters. The lowest BCUT2D eigenvalue weighted by Gasteiger charge is -2.35. The number of likely N-dealkylation sites (tertiary alicyclic amines) is 1. The Kier molecular flexibility index (Phi) is 7.65. The summed E-state index contributed by atoms with van der Waals surface area (Å²) in [4.78, 5) is 33.3. The third-order valence-electron chi connectivity index (χ3n) is 5.56. The van der Waals surface area contributed by atoms with Gasteiger partial charge < -0.3 is 19.3 Å². The average molecular weight is 424 g/mol. The number of methoxy groups -OCH3 is 1. The Morgan fingerprint density at radius 1 is 1.23 bits per heavy atom. The van der Waals surface area contributed by atoms with Crippen LogP contribution in [0.15, 0.2) is 61.3 Å². The second-order valence-corrected chi connectivity index (χ2v) is 7.51. The van der Waals surface area contributed by atoms with Crippen LogP contribution in [-0.2, 0) is 9.53 Å². The predicted octanol–water partition coefficient (Wildman–Crippen LogP) is 3.67. The van der Waals surface area contributed by atoms with Crippen molar-refractivity contribution in [1.82, 2.24) is 14.8 Å². The summed E-state index contributed by atoms with van der Waals surface area (Å²) >= 11 is 0. The molecular weight excluding hydrogens is 394 g/mol. The van der Waals surface area contributed by atoms with Crippen LogP contribution in [-0.4, -0.2) is 60.6 Å². The molecular formula is C24H29N3O4. The third-order valence-corrected chi connectivity index (χ3v) is 5.56. The summed E-state index contributed by atoms with van der Waals surface area (Å²) in [6.45, 7) is 4.73. The van der Waals surface area contributed by atoms with Gasteiger partial charge in [-0.1, -0.05) is 30.9 Å². The van der Waals surface area contributed by atoms with Crippen LogP contribution in [0, 0.1) is 5.92 Å². The average Bonchev–Trinajstić information content (AvgIpc) is 2.83. The van der Waals surface area contributed by atoms with Gasteiger partial charge in [0.25, 0.3) is 0 Å².